The van der Waals surface area contributed by atoms with Gasteiger partial charge in [-0.3, -0.25) is 38.5 Å². The van der Waals surface area contributed by atoms with Gasteiger partial charge in [-0.05, 0) is 97.3 Å². The number of piperazine rings is 1. The second kappa shape index (κ2) is 15.6. The Kier molecular flexibility index (Phi) is 10.2. The molecule has 4 amide bonds. The van der Waals surface area contributed by atoms with Crippen LogP contribution >= 0.6 is 0 Å². The number of H-pyrrole nitrogens is 1. The minimum absolute atomic E-state index is 0.0401. The Bertz CT molecular complexity index is 2590. The third-order valence-electron chi connectivity index (χ3n) is 12.7. The summed E-state index contributed by atoms with van der Waals surface area (Å²) < 4.78 is 19.5. The first-order valence-corrected chi connectivity index (χ1v) is 20.7. The smallest absolute Gasteiger partial charge is 0.329 e. The third kappa shape index (κ3) is 7.23. The summed E-state index contributed by atoms with van der Waals surface area (Å²) in [5, 5.41) is 3.02. The number of imide groups is 1. The van der Waals surface area contributed by atoms with E-state index in [0.717, 1.165) is 85.5 Å². The van der Waals surface area contributed by atoms with Crippen LogP contribution in [0.15, 0.2) is 65.5 Å². The number of carbonyl (C=O) groups excluding carboxylic acids is 4. The molecule has 306 valence electrons. The summed E-state index contributed by atoms with van der Waals surface area (Å²) in [7, 11) is 1.72. The van der Waals surface area contributed by atoms with E-state index in [1.54, 1.807) is 27.5 Å². The number of anilines is 1. The van der Waals surface area contributed by atoms with Crippen molar-refractivity contribution in [2.24, 2.45) is 7.05 Å². The van der Waals surface area contributed by atoms with Gasteiger partial charge in [0.05, 0.1) is 16.6 Å². The molecule has 2 aromatic heterocycles. The highest BCUT2D eigenvalue weighted by Gasteiger charge is 2.32. The van der Waals surface area contributed by atoms with E-state index in [1.165, 1.54) is 11.5 Å². The van der Waals surface area contributed by atoms with Crippen LogP contribution in [0.1, 0.15) is 66.7 Å². The fourth-order valence-electron chi connectivity index (χ4n) is 9.13. The number of aryl methyl sites for hydroxylation is 2. The number of imidazole rings is 1. The molecule has 3 aromatic carbocycles. The number of piperidine rings is 1. The first kappa shape index (κ1) is 38.5. The molecule has 0 spiro atoms. The minimum Gasteiger partial charge on any atom is -0.369 e. The Labute approximate surface area is 341 Å². The number of hydrogen-bond acceptors (Lipinski definition) is 7. The topological polar surface area (TPSA) is 136 Å². The van der Waals surface area contributed by atoms with Crippen LogP contribution < -0.4 is 15.9 Å². The number of carbonyl (C=O) groups is 4. The van der Waals surface area contributed by atoms with E-state index in [0.29, 0.717) is 66.7 Å². The van der Waals surface area contributed by atoms with Gasteiger partial charge in [0, 0.05) is 89.4 Å². The molecular weight excluding hydrogens is 752 g/mol. The van der Waals surface area contributed by atoms with E-state index in [4.69, 9.17) is 0 Å². The van der Waals surface area contributed by atoms with E-state index in [9.17, 15) is 24.0 Å². The number of nitrogens with one attached hydrogen (secondary N) is 2. The van der Waals surface area contributed by atoms with Gasteiger partial charge in [-0.25, -0.2) is 9.18 Å². The molecule has 4 aliphatic heterocycles. The summed E-state index contributed by atoms with van der Waals surface area (Å²) in [6.45, 7) is 8.45. The van der Waals surface area contributed by atoms with Crippen molar-refractivity contribution in [3.05, 3.63) is 93.8 Å². The second-order valence-electron chi connectivity index (χ2n) is 16.3. The Balaban J connectivity index is 0.863. The standard InChI is InChI=1S/C45H49FN8O5/c1-28(55)53-17-4-7-31(27-53)34-25-33(35-26-36(47-42(35)41(34)46)44(58)52-18-5-19-52)30-9-11-32(12-10-30)51-22-20-50(21-23-51)16-3-6-29-8-13-37-39(24-29)49(2)45(59)54(37)38-14-15-40(56)48-43(38)57/h7-13,24-26,38,47H,3-6,14-23,27H2,1-2H3,(H,48,56,57). The summed E-state index contributed by atoms with van der Waals surface area (Å²) in [6, 6.07) is 17.3. The van der Waals surface area contributed by atoms with Crippen molar-refractivity contribution < 1.29 is 23.6 Å². The molecule has 0 saturated carbocycles. The fourth-order valence-corrected chi connectivity index (χ4v) is 9.13. The van der Waals surface area contributed by atoms with Gasteiger partial charge in [0.1, 0.15) is 11.7 Å². The van der Waals surface area contributed by atoms with Crippen LogP contribution in [0.25, 0.3) is 38.6 Å². The van der Waals surface area contributed by atoms with Gasteiger partial charge in [0.2, 0.25) is 17.7 Å². The molecule has 0 radical (unpaired) electrons. The van der Waals surface area contributed by atoms with Gasteiger partial charge in [0.25, 0.3) is 5.91 Å². The SMILES string of the molecule is CC(=O)N1CCC=C(c2cc(-c3ccc(N4CCN(CCCc5ccc6c(c5)n(C)c(=O)n6C5CCC(=O)NC5=O)CC4)cc3)c3cc(C(=O)N4CCC4)[nH]c3c2F)C1. The van der Waals surface area contributed by atoms with Gasteiger partial charge >= 0.3 is 5.69 Å². The van der Waals surface area contributed by atoms with Crippen molar-refractivity contribution in [2.45, 2.75) is 51.5 Å². The Morgan fingerprint density at radius 2 is 1.64 bits per heavy atom. The van der Waals surface area contributed by atoms with Crippen molar-refractivity contribution in [2.75, 3.05) is 63.8 Å². The highest BCUT2D eigenvalue weighted by atomic mass is 19.1. The number of benzene rings is 3. The van der Waals surface area contributed by atoms with Crippen molar-refractivity contribution in [3.63, 3.8) is 0 Å². The zero-order chi connectivity index (χ0) is 40.9. The molecule has 9 rings (SSSR count). The van der Waals surface area contributed by atoms with Crippen LogP contribution in [-0.4, -0.2) is 111 Å². The van der Waals surface area contributed by atoms with Crippen LogP contribution in [-0.2, 0) is 27.9 Å². The molecule has 4 aliphatic rings. The molecular formula is C45H49FN8O5. The molecule has 14 heteroatoms. The first-order chi connectivity index (χ1) is 28.5. The molecule has 3 fully saturated rings. The van der Waals surface area contributed by atoms with Gasteiger partial charge in [-0.1, -0.05) is 24.3 Å². The van der Waals surface area contributed by atoms with E-state index >= 15 is 4.39 Å². The predicted octanol–water partition coefficient (Wildman–Crippen LogP) is 4.84. The van der Waals surface area contributed by atoms with Crippen molar-refractivity contribution in [1.82, 2.24) is 34.1 Å². The zero-order valence-electron chi connectivity index (χ0n) is 33.6. The maximum Gasteiger partial charge on any atom is 0.329 e. The molecule has 1 unspecified atom stereocenters. The average molecular weight is 801 g/mol. The van der Waals surface area contributed by atoms with Gasteiger partial charge in [-0.2, -0.15) is 0 Å². The number of aromatic amines is 1. The first-order valence-electron chi connectivity index (χ1n) is 20.7. The van der Waals surface area contributed by atoms with E-state index < -0.39 is 17.8 Å². The predicted molar refractivity (Wildman–Crippen MR) is 225 cm³/mol. The molecule has 3 saturated heterocycles. The van der Waals surface area contributed by atoms with Crippen molar-refractivity contribution in [1.29, 1.82) is 0 Å². The summed E-state index contributed by atoms with van der Waals surface area (Å²) in [4.78, 5) is 74.4. The number of amides is 4. The molecule has 13 nitrogen and oxygen atoms in total. The summed E-state index contributed by atoms with van der Waals surface area (Å²) in [6.07, 6.45) is 5.97. The number of halogens is 1. The lowest BCUT2D eigenvalue weighted by Crippen LogP contribution is -2.46. The van der Waals surface area contributed by atoms with Gasteiger partial charge in [-0.15, -0.1) is 0 Å². The third-order valence-corrected chi connectivity index (χ3v) is 12.7. The lowest BCUT2D eigenvalue weighted by Gasteiger charge is -2.36. The molecule has 6 heterocycles. The van der Waals surface area contributed by atoms with Crippen LogP contribution in [0.4, 0.5) is 10.1 Å². The highest BCUT2D eigenvalue weighted by Crippen LogP contribution is 2.38. The maximum absolute atomic E-state index is 16.4. The monoisotopic (exact) mass is 800 g/mol. The summed E-state index contributed by atoms with van der Waals surface area (Å²) >= 11 is 0. The maximum atomic E-state index is 16.4. The molecule has 0 bridgehead atoms. The van der Waals surface area contributed by atoms with Crippen LogP contribution in [0.3, 0.4) is 0 Å². The van der Waals surface area contributed by atoms with Crippen molar-refractivity contribution >= 4 is 56.8 Å². The number of rotatable bonds is 9. The number of likely N-dealkylation sites (tertiary alicyclic amines) is 1. The number of hydrogen-bond donors (Lipinski definition) is 2. The van der Waals surface area contributed by atoms with Gasteiger partial charge < -0.3 is 19.7 Å². The zero-order valence-corrected chi connectivity index (χ0v) is 33.6. The van der Waals surface area contributed by atoms with Crippen LogP contribution in [0, 0.1) is 5.82 Å². The summed E-state index contributed by atoms with van der Waals surface area (Å²) in [5.41, 5.74) is 7.10. The van der Waals surface area contributed by atoms with Crippen LogP contribution in [0.5, 0.6) is 0 Å². The number of fused-ring (bicyclic) bond motifs is 2. The molecule has 1 atom stereocenters. The lowest BCUT2D eigenvalue weighted by atomic mass is 9.93. The molecule has 0 aliphatic carbocycles. The largest absolute Gasteiger partial charge is 0.369 e. The Morgan fingerprint density at radius 1 is 0.864 bits per heavy atom. The molecule has 59 heavy (non-hydrogen) atoms. The quantitative estimate of drug-likeness (QED) is 0.204. The minimum atomic E-state index is -0.697. The Hall–Kier alpha value is -6.02. The highest BCUT2D eigenvalue weighted by molar-refractivity contribution is 6.05. The van der Waals surface area contributed by atoms with Gasteiger partial charge in [0.15, 0.2) is 5.82 Å². The van der Waals surface area contributed by atoms with E-state index in [2.05, 4.69) is 44.4 Å². The average Bonchev–Trinajstić information content (AvgIpc) is 3.77. The fraction of sp³-hybridized carbons (Fsp3) is 0.400. The Morgan fingerprint density at radius 3 is 2.36 bits per heavy atom. The van der Waals surface area contributed by atoms with E-state index in [-0.39, 0.29) is 29.8 Å². The van der Waals surface area contributed by atoms with Crippen LogP contribution in [0.2, 0.25) is 0 Å². The number of aromatic nitrogens is 3. The van der Waals surface area contributed by atoms with Crippen molar-refractivity contribution in [3.8, 4) is 11.1 Å². The normalized spacial score (nSPS) is 19.0. The second-order valence-corrected chi connectivity index (χ2v) is 16.3. The number of nitrogens with zero attached hydrogens (tertiary/aromatic N) is 6. The molecule has 5 aromatic rings. The lowest BCUT2D eigenvalue weighted by molar-refractivity contribution is -0.135. The molecule has 2 N–H and O–H groups in total. The summed E-state index contributed by atoms with van der Waals surface area (Å²) in [5.74, 6) is -1.31. The van der Waals surface area contributed by atoms with E-state index in [1.807, 2.05) is 30.3 Å².